The maximum Gasteiger partial charge on any atom is 0.330 e. The number of hydrogen-bond donors (Lipinski definition) is 0. The second-order valence-corrected chi connectivity index (χ2v) is 4.46. The highest BCUT2D eigenvalue weighted by Gasteiger charge is 2.09. The van der Waals surface area contributed by atoms with E-state index in [4.69, 9.17) is 9.47 Å². The van der Waals surface area contributed by atoms with Gasteiger partial charge in [0.2, 0.25) is 0 Å². The Morgan fingerprint density at radius 2 is 1.81 bits per heavy atom. The van der Waals surface area contributed by atoms with E-state index in [9.17, 15) is 9.59 Å². The van der Waals surface area contributed by atoms with Gasteiger partial charge in [0.25, 0.3) is 0 Å². The number of fused-ring (bicyclic) bond motifs is 1. The molecule has 0 aliphatic rings. The van der Waals surface area contributed by atoms with Crippen molar-refractivity contribution in [2.45, 2.75) is 6.92 Å². The largest absolute Gasteiger partial charge is 0.497 e. The van der Waals surface area contributed by atoms with Gasteiger partial charge in [-0.2, -0.15) is 0 Å². The van der Waals surface area contributed by atoms with Gasteiger partial charge in [0.1, 0.15) is 5.75 Å². The van der Waals surface area contributed by atoms with Crippen LogP contribution in [0.25, 0.3) is 10.8 Å². The minimum atomic E-state index is -0.517. The topological polar surface area (TPSA) is 52.6 Å². The van der Waals surface area contributed by atoms with Crippen molar-refractivity contribution in [2.75, 3.05) is 13.7 Å². The van der Waals surface area contributed by atoms with Gasteiger partial charge in [-0.05, 0) is 35.9 Å². The zero-order valence-electron chi connectivity index (χ0n) is 12.0. The molecule has 0 radical (unpaired) electrons. The Morgan fingerprint density at radius 1 is 1.10 bits per heavy atom. The molecule has 0 amide bonds. The van der Waals surface area contributed by atoms with Crippen LogP contribution in [0.5, 0.6) is 5.75 Å². The number of Topliss-reactive ketones (excluding diaryl/α,β-unsaturated/α-hetero) is 1. The zero-order chi connectivity index (χ0) is 15.2. The summed E-state index contributed by atoms with van der Waals surface area (Å²) in [6, 6.07) is 11.0. The number of methoxy groups -OCH3 is 1. The summed E-state index contributed by atoms with van der Waals surface area (Å²) in [5, 5.41) is 1.92. The van der Waals surface area contributed by atoms with Crippen LogP contribution in [-0.2, 0) is 9.53 Å². The Balaban J connectivity index is 2.15. The van der Waals surface area contributed by atoms with Gasteiger partial charge < -0.3 is 9.47 Å². The lowest BCUT2D eigenvalue weighted by Crippen LogP contribution is -2.12. The summed E-state index contributed by atoms with van der Waals surface area (Å²) >= 11 is 0. The summed E-state index contributed by atoms with van der Waals surface area (Å²) in [5.41, 5.74) is 0.515. The van der Waals surface area contributed by atoms with Crippen molar-refractivity contribution in [3.05, 3.63) is 54.1 Å². The summed E-state index contributed by atoms with van der Waals surface area (Å²) in [6.07, 6.45) is 2.84. The van der Waals surface area contributed by atoms with Crippen molar-refractivity contribution in [1.82, 2.24) is 0 Å². The van der Waals surface area contributed by atoms with E-state index >= 15 is 0 Å². The van der Waals surface area contributed by atoms with Crippen LogP contribution in [0.2, 0.25) is 0 Å². The third-order valence-corrected chi connectivity index (χ3v) is 3.02. The summed E-state index contributed by atoms with van der Waals surface area (Å²) in [5.74, 6) is 0.0174. The molecular weight excluding hydrogens is 268 g/mol. The molecule has 0 aliphatic heterocycles. The minimum absolute atomic E-state index is 0.231. The van der Waals surface area contributed by atoms with Gasteiger partial charge in [-0.15, -0.1) is 0 Å². The molecule has 0 aromatic heterocycles. The van der Waals surface area contributed by atoms with Crippen molar-refractivity contribution < 1.29 is 19.1 Å². The number of carbonyl (C=O) groups excluding carboxylic acids is 2. The van der Waals surface area contributed by atoms with Crippen LogP contribution in [0, 0.1) is 0 Å². The molecule has 0 fully saturated rings. The molecule has 0 N–H and O–H groups in total. The molecule has 0 saturated heterocycles. The molecule has 0 saturated carbocycles. The number of carbonyl (C=O) groups is 2. The lowest BCUT2D eigenvalue weighted by molar-refractivity contribution is -0.136. The first kappa shape index (κ1) is 14.8. The zero-order valence-corrected chi connectivity index (χ0v) is 12.0. The van der Waals surface area contributed by atoms with E-state index in [1.807, 2.05) is 24.3 Å². The number of ketones is 1. The molecule has 108 valence electrons. The van der Waals surface area contributed by atoms with Gasteiger partial charge in [-0.25, -0.2) is 4.79 Å². The lowest BCUT2D eigenvalue weighted by atomic mass is 10.0. The Bertz CT molecular complexity index is 701. The molecule has 4 heteroatoms. The normalized spacial score (nSPS) is 10.8. The van der Waals surface area contributed by atoms with Crippen LogP contribution in [0.1, 0.15) is 17.3 Å². The molecule has 0 aliphatic carbocycles. The molecule has 0 bridgehead atoms. The second-order valence-electron chi connectivity index (χ2n) is 4.46. The van der Waals surface area contributed by atoms with E-state index in [-0.39, 0.29) is 12.4 Å². The molecule has 0 spiro atoms. The minimum Gasteiger partial charge on any atom is -0.497 e. The van der Waals surface area contributed by atoms with E-state index in [0.717, 1.165) is 16.5 Å². The molecule has 2 rings (SSSR count). The Kier molecular flexibility index (Phi) is 4.72. The fraction of sp³-hybridized carbons (Fsp3) is 0.176. The smallest absolute Gasteiger partial charge is 0.330 e. The Hall–Kier alpha value is -2.62. The van der Waals surface area contributed by atoms with Crippen molar-refractivity contribution in [3.63, 3.8) is 0 Å². The van der Waals surface area contributed by atoms with Crippen LogP contribution in [-0.4, -0.2) is 25.5 Å². The highest BCUT2D eigenvalue weighted by molar-refractivity contribution is 6.01. The van der Waals surface area contributed by atoms with Crippen LogP contribution in [0.4, 0.5) is 0 Å². The van der Waals surface area contributed by atoms with Gasteiger partial charge in [-0.1, -0.05) is 24.3 Å². The summed E-state index contributed by atoms with van der Waals surface area (Å²) in [7, 11) is 1.61. The van der Waals surface area contributed by atoms with Gasteiger partial charge in [0, 0.05) is 11.6 Å². The Labute approximate surface area is 123 Å². The van der Waals surface area contributed by atoms with Crippen LogP contribution < -0.4 is 4.74 Å². The molecule has 21 heavy (non-hydrogen) atoms. The molecule has 4 nitrogen and oxygen atoms in total. The predicted molar refractivity (Wildman–Crippen MR) is 80.6 cm³/mol. The molecule has 2 aromatic carbocycles. The highest BCUT2D eigenvalue weighted by atomic mass is 16.5. The van der Waals surface area contributed by atoms with E-state index in [0.29, 0.717) is 5.56 Å². The van der Waals surface area contributed by atoms with E-state index < -0.39 is 5.97 Å². The van der Waals surface area contributed by atoms with Crippen molar-refractivity contribution in [3.8, 4) is 5.75 Å². The fourth-order valence-corrected chi connectivity index (χ4v) is 1.93. The number of allylic oxidation sites excluding steroid dienone is 1. The first-order valence-electron chi connectivity index (χ1n) is 6.54. The van der Waals surface area contributed by atoms with Crippen LogP contribution >= 0.6 is 0 Å². The fourth-order valence-electron chi connectivity index (χ4n) is 1.93. The molecule has 2 aromatic rings. The maximum atomic E-state index is 12.0. The highest BCUT2D eigenvalue weighted by Crippen LogP contribution is 2.22. The van der Waals surface area contributed by atoms with Crippen LogP contribution in [0.3, 0.4) is 0 Å². The first-order chi connectivity index (χ1) is 10.1. The number of hydrogen-bond acceptors (Lipinski definition) is 4. The van der Waals surface area contributed by atoms with Gasteiger partial charge in [0.15, 0.2) is 12.4 Å². The number of esters is 1. The van der Waals surface area contributed by atoms with Crippen molar-refractivity contribution >= 4 is 22.5 Å². The van der Waals surface area contributed by atoms with E-state index in [1.54, 1.807) is 32.2 Å². The average Bonchev–Trinajstić information content (AvgIpc) is 2.51. The Morgan fingerprint density at radius 3 is 2.52 bits per heavy atom. The summed E-state index contributed by atoms with van der Waals surface area (Å²) in [6.45, 7) is 1.45. The molecule has 0 heterocycles. The SMILES string of the molecule is CC=CC(=O)OCC(=O)c1ccc2cc(OC)ccc2c1. The molecular formula is C17H16O4. The second kappa shape index (κ2) is 6.70. The predicted octanol–water partition coefficient (Wildman–Crippen LogP) is 3.15. The third-order valence-electron chi connectivity index (χ3n) is 3.02. The third kappa shape index (κ3) is 3.69. The van der Waals surface area contributed by atoms with Crippen molar-refractivity contribution in [2.24, 2.45) is 0 Å². The van der Waals surface area contributed by atoms with Gasteiger partial charge in [-0.3, -0.25) is 4.79 Å². The number of benzene rings is 2. The quantitative estimate of drug-likeness (QED) is 0.481. The number of ether oxygens (including phenoxy) is 2. The van der Waals surface area contributed by atoms with Gasteiger partial charge in [0.05, 0.1) is 7.11 Å². The van der Waals surface area contributed by atoms with E-state index in [2.05, 4.69) is 0 Å². The molecule has 0 atom stereocenters. The van der Waals surface area contributed by atoms with E-state index in [1.165, 1.54) is 6.08 Å². The lowest BCUT2D eigenvalue weighted by Gasteiger charge is -2.05. The standard InChI is InChI=1S/C17H16O4/c1-3-4-17(19)21-11-16(18)14-6-5-13-10-15(20-2)8-7-12(13)9-14/h3-10H,11H2,1-2H3. The van der Waals surface area contributed by atoms with Crippen LogP contribution in [0.15, 0.2) is 48.6 Å². The summed E-state index contributed by atoms with van der Waals surface area (Å²) < 4.78 is 10.0. The number of rotatable bonds is 5. The monoisotopic (exact) mass is 284 g/mol. The average molecular weight is 284 g/mol. The van der Waals surface area contributed by atoms with Gasteiger partial charge >= 0.3 is 5.97 Å². The first-order valence-corrected chi connectivity index (χ1v) is 6.54. The molecule has 0 unspecified atom stereocenters. The van der Waals surface area contributed by atoms with Crippen molar-refractivity contribution in [1.29, 1.82) is 0 Å². The maximum absolute atomic E-state index is 12.0. The summed E-state index contributed by atoms with van der Waals surface area (Å²) in [4.78, 5) is 23.2.